The molecular formula is C7H18O3Si. The Morgan fingerprint density at radius 3 is 1.45 bits per heavy atom. The zero-order valence-corrected chi connectivity index (χ0v) is 8.92. The minimum absolute atomic E-state index is 0.0235. The average molecular weight is 178 g/mol. The van der Waals surface area contributed by atoms with Crippen molar-refractivity contribution in [3.05, 3.63) is 0 Å². The second-order valence-electron chi connectivity index (χ2n) is 3.23. The molecule has 0 fully saturated rings. The Morgan fingerprint density at radius 1 is 1.00 bits per heavy atom. The molecule has 0 spiro atoms. The van der Waals surface area contributed by atoms with Crippen molar-refractivity contribution in [3.63, 3.8) is 0 Å². The van der Waals surface area contributed by atoms with Crippen LogP contribution in [0.2, 0.25) is 6.55 Å². The Hall–Kier alpha value is 0.0969. The van der Waals surface area contributed by atoms with Gasteiger partial charge in [-0.15, -0.1) is 0 Å². The summed E-state index contributed by atoms with van der Waals surface area (Å²) in [5.74, 6) is 0. The van der Waals surface area contributed by atoms with E-state index in [-0.39, 0.29) is 12.2 Å². The average Bonchev–Trinajstić information content (AvgIpc) is 1.53. The number of rotatable bonds is 4. The number of hydrogen-bond donors (Lipinski definition) is 1. The van der Waals surface area contributed by atoms with Gasteiger partial charge in [0.1, 0.15) is 0 Å². The topological polar surface area (TPSA) is 38.7 Å². The van der Waals surface area contributed by atoms with Crippen molar-refractivity contribution < 1.29 is 13.6 Å². The summed E-state index contributed by atoms with van der Waals surface area (Å²) in [6, 6.07) is 0. The molecular weight excluding hydrogens is 160 g/mol. The zero-order chi connectivity index (χ0) is 9.07. The molecule has 0 aromatic heterocycles. The molecule has 0 aromatic rings. The second-order valence-corrected chi connectivity index (χ2v) is 5.50. The fraction of sp³-hybridized carbons (Fsp3) is 1.00. The van der Waals surface area contributed by atoms with E-state index in [1.54, 1.807) is 6.55 Å². The van der Waals surface area contributed by atoms with Gasteiger partial charge in [-0.3, -0.25) is 0 Å². The van der Waals surface area contributed by atoms with Crippen molar-refractivity contribution in [3.8, 4) is 0 Å². The van der Waals surface area contributed by atoms with Crippen LogP contribution in [0.1, 0.15) is 27.7 Å². The van der Waals surface area contributed by atoms with Crippen LogP contribution >= 0.6 is 0 Å². The van der Waals surface area contributed by atoms with Gasteiger partial charge in [0.25, 0.3) is 0 Å². The highest BCUT2D eigenvalue weighted by molar-refractivity contribution is 6.57. The molecule has 0 aliphatic heterocycles. The van der Waals surface area contributed by atoms with Gasteiger partial charge in [0.2, 0.25) is 0 Å². The Kier molecular flexibility index (Phi) is 4.24. The SMILES string of the molecule is CC(C)O[Si](C)(O)OC(C)C. The second kappa shape index (κ2) is 4.20. The highest BCUT2D eigenvalue weighted by Gasteiger charge is 2.32. The van der Waals surface area contributed by atoms with Gasteiger partial charge in [0.05, 0.1) is 0 Å². The minimum Gasteiger partial charge on any atom is -0.390 e. The van der Waals surface area contributed by atoms with Crippen LogP contribution in [0, 0.1) is 0 Å². The van der Waals surface area contributed by atoms with E-state index in [1.807, 2.05) is 27.7 Å². The normalized spacial score (nSPS) is 13.1. The van der Waals surface area contributed by atoms with E-state index < -0.39 is 8.80 Å². The van der Waals surface area contributed by atoms with Gasteiger partial charge in [-0.2, -0.15) is 0 Å². The number of hydrogen-bond acceptors (Lipinski definition) is 3. The molecule has 11 heavy (non-hydrogen) atoms. The van der Waals surface area contributed by atoms with E-state index in [9.17, 15) is 4.80 Å². The Morgan fingerprint density at radius 2 is 1.27 bits per heavy atom. The molecule has 4 heteroatoms. The third-order valence-corrected chi connectivity index (χ3v) is 2.73. The van der Waals surface area contributed by atoms with Gasteiger partial charge in [-0.25, -0.2) is 0 Å². The standard InChI is InChI=1S/C7H18O3Si/c1-6(2)9-11(5,8)10-7(3)4/h6-8H,1-5H3. The third-order valence-electron chi connectivity index (χ3n) is 0.909. The zero-order valence-electron chi connectivity index (χ0n) is 7.92. The maximum atomic E-state index is 9.55. The minimum atomic E-state index is -2.83. The van der Waals surface area contributed by atoms with Crippen LogP contribution in [-0.4, -0.2) is 25.8 Å². The molecule has 0 heterocycles. The lowest BCUT2D eigenvalue weighted by molar-refractivity contribution is 0.0538. The fourth-order valence-corrected chi connectivity index (χ4v) is 2.71. The van der Waals surface area contributed by atoms with Crippen LogP contribution in [0.4, 0.5) is 0 Å². The summed E-state index contributed by atoms with van der Waals surface area (Å²) in [7, 11) is -2.83. The van der Waals surface area contributed by atoms with Gasteiger partial charge < -0.3 is 13.6 Å². The fourth-order valence-electron chi connectivity index (χ4n) is 0.902. The van der Waals surface area contributed by atoms with Crippen LogP contribution in [0.15, 0.2) is 0 Å². The quantitative estimate of drug-likeness (QED) is 0.661. The van der Waals surface area contributed by atoms with Crippen LogP contribution in [0.3, 0.4) is 0 Å². The Bertz CT molecular complexity index is 100. The third kappa shape index (κ3) is 6.49. The molecule has 0 aromatic carbocycles. The predicted octanol–water partition coefficient (Wildman–Crippen LogP) is 1.40. The molecule has 0 unspecified atom stereocenters. The first-order valence-electron chi connectivity index (χ1n) is 3.91. The highest BCUT2D eigenvalue weighted by Crippen LogP contribution is 2.08. The largest absolute Gasteiger partial charge is 0.495 e. The van der Waals surface area contributed by atoms with E-state index >= 15 is 0 Å². The van der Waals surface area contributed by atoms with E-state index in [0.29, 0.717) is 0 Å². The monoisotopic (exact) mass is 178 g/mol. The highest BCUT2D eigenvalue weighted by atomic mass is 28.4. The van der Waals surface area contributed by atoms with Crippen LogP contribution < -0.4 is 0 Å². The van der Waals surface area contributed by atoms with Crippen molar-refractivity contribution >= 4 is 8.80 Å². The van der Waals surface area contributed by atoms with E-state index in [4.69, 9.17) is 8.85 Å². The first-order chi connectivity index (χ1) is 4.83. The maximum Gasteiger partial charge on any atom is 0.495 e. The van der Waals surface area contributed by atoms with Crippen LogP contribution in [0.5, 0.6) is 0 Å². The van der Waals surface area contributed by atoms with Crippen molar-refractivity contribution in [1.29, 1.82) is 0 Å². The van der Waals surface area contributed by atoms with E-state index in [2.05, 4.69) is 0 Å². The summed E-state index contributed by atoms with van der Waals surface area (Å²) in [6.07, 6.45) is 0.0471. The first kappa shape index (κ1) is 11.1. The summed E-state index contributed by atoms with van der Waals surface area (Å²) in [6.45, 7) is 9.15. The molecule has 0 radical (unpaired) electrons. The van der Waals surface area contributed by atoms with Gasteiger partial charge in [0.15, 0.2) is 0 Å². The molecule has 0 atom stereocenters. The summed E-state index contributed by atoms with van der Waals surface area (Å²) in [5.41, 5.74) is 0. The van der Waals surface area contributed by atoms with Crippen molar-refractivity contribution in [2.75, 3.05) is 0 Å². The molecule has 0 saturated heterocycles. The van der Waals surface area contributed by atoms with Gasteiger partial charge in [0, 0.05) is 18.8 Å². The molecule has 0 bridgehead atoms. The molecule has 0 aliphatic rings. The van der Waals surface area contributed by atoms with Gasteiger partial charge in [-0.05, 0) is 27.7 Å². The lowest BCUT2D eigenvalue weighted by atomic mass is 10.5. The van der Waals surface area contributed by atoms with Crippen molar-refractivity contribution in [1.82, 2.24) is 0 Å². The van der Waals surface area contributed by atoms with Crippen LogP contribution in [0.25, 0.3) is 0 Å². The smallest absolute Gasteiger partial charge is 0.390 e. The summed E-state index contributed by atoms with van der Waals surface area (Å²) < 4.78 is 10.4. The summed E-state index contributed by atoms with van der Waals surface area (Å²) in [4.78, 5) is 9.55. The molecule has 0 rings (SSSR count). The molecule has 1 N–H and O–H groups in total. The van der Waals surface area contributed by atoms with E-state index in [0.717, 1.165) is 0 Å². The van der Waals surface area contributed by atoms with Crippen LogP contribution in [-0.2, 0) is 8.85 Å². The lowest BCUT2D eigenvalue weighted by Crippen LogP contribution is -2.43. The lowest BCUT2D eigenvalue weighted by Gasteiger charge is -2.24. The summed E-state index contributed by atoms with van der Waals surface area (Å²) >= 11 is 0. The van der Waals surface area contributed by atoms with E-state index in [1.165, 1.54) is 0 Å². The molecule has 0 saturated carbocycles. The Labute approximate surface area is 69.7 Å². The van der Waals surface area contributed by atoms with Gasteiger partial charge >= 0.3 is 8.80 Å². The molecule has 68 valence electrons. The van der Waals surface area contributed by atoms with Crippen molar-refractivity contribution in [2.24, 2.45) is 0 Å². The molecule has 3 nitrogen and oxygen atoms in total. The van der Waals surface area contributed by atoms with Crippen molar-refractivity contribution in [2.45, 2.75) is 46.4 Å². The van der Waals surface area contributed by atoms with Gasteiger partial charge in [-0.1, -0.05) is 0 Å². The maximum absolute atomic E-state index is 9.55. The predicted molar refractivity (Wildman–Crippen MR) is 46.3 cm³/mol. The Balaban J connectivity index is 3.79. The summed E-state index contributed by atoms with van der Waals surface area (Å²) in [5, 5.41) is 0. The molecule has 0 aliphatic carbocycles. The first-order valence-corrected chi connectivity index (χ1v) is 6.18. The molecule has 0 amide bonds.